The molecule has 98 valence electrons. The van der Waals surface area contributed by atoms with Crippen molar-refractivity contribution in [3.8, 4) is 0 Å². The Morgan fingerprint density at radius 2 is 1.94 bits per heavy atom. The molecule has 1 N–H and O–H groups in total. The van der Waals surface area contributed by atoms with Crippen LogP contribution in [0, 0.1) is 11.3 Å². The minimum absolute atomic E-state index is 0.0394. The van der Waals surface area contributed by atoms with Crippen molar-refractivity contribution in [2.75, 3.05) is 13.1 Å². The molecule has 1 heterocycles. The summed E-state index contributed by atoms with van der Waals surface area (Å²) < 4.78 is 0. The molecule has 1 aliphatic carbocycles. The topological polar surface area (TPSA) is 40.5 Å². The first-order valence-electron chi connectivity index (χ1n) is 6.99. The second-order valence-electron chi connectivity index (χ2n) is 6.36. The molecular formula is C14H25NO2. The van der Waals surface area contributed by atoms with Crippen molar-refractivity contribution < 1.29 is 9.90 Å². The zero-order valence-corrected chi connectivity index (χ0v) is 11.1. The van der Waals surface area contributed by atoms with Crippen LogP contribution in [0.3, 0.4) is 0 Å². The molecule has 1 aliphatic heterocycles. The monoisotopic (exact) mass is 239 g/mol. The Kier molecular flexibility index (Phi) is 3.76. The number of aliphatic hydroxyl groups is 1. The summed E-state index contributed by atoms with van der Waals surface area (Å²) in [5, 5.41) is 9.89. The molecule has 2 fully saturated rings. The number of carbonyl (C=O) groups excluding carboxylic acids is 1. The lowest BCUT2D eigenvalue weighted by molar-refractivity contribution is -0.140. The van der Waals surface area contributed by atoms with Crippen molar-refractivity contribution in [2.24, 2.45) is 11.3 Å². The Hall–Kier alpha value is -0.570. The van der Waals surface area contributed by atoms with Crippen molar-refractivity contribution in [3.63, 3.8) is 0 Å². The summed E-state index contributed by atoms with van der Waals surface area (Å²) >= 11 is 0. The SMILES string of the molecule is CC(C)C[C@@H](O)C(=O)N1CCC2(CCCC2)C1. The molecule has 0 bridgehead atoms. The van der Waals surface area contributed by atoms with Crippen molar-refractivity contribution in [3.05, 3.63) is 0 Å². The largest absolute Gasteiger partial charge is 0.383 e. The van der Waals surface area contributed by atoms with E-state index < -0.39 is 6.10 Å². The second-order valence-corrected chi connectivity index (χ2v) is 6.36. The van der Waals surface area contributed by atoms with Gasteiger partial charge in [0.15, 0.2) is 0 Å². The third kappa shape index (κ3) is 2.82. The highest BCUT2D eigenvalue weighted by Gasteiger charge is 2.42. The zero-order valence-electron chi connectivity index (χ0n) is 11.1. The van der Waals surface area contributed by atoms with Gasteiger partial charge in [-0.3, -0.25) is 4.79 Å². The molecule has 1 saturated carbocycles. The minimum Gasteiger partial charge on any atom is -0.383 e. The maximum absolute atomic E-state index is 12.1. The van der Waals surface area contributed by atoms with Crippen LogP contribution in [0.25, 0.3) is 0 Å². The number of aliphatic hydroxyl groups excluding tert-OH is 1. The van der Waals surface area contributed by atoms with Gasteiger partial charge in [-0.2, -0.15) is 0 Å². The van der Waals surface area contributed by atoms with Crippen LogP contribution in [-0.4, -0.2) is 35.1 Å². The summed E-state index contributed by atoms with van der Waals surface area (Å²) in [4.78, 5) is 14.0. The van der Waals surface area contributed by atoms with Crippen molar-refractivity contribution in [1.29, 1.82) is 0 Å². The first-order chi connectivity index (χ1) is 8.02. The van der Waals surface area contributed by atoms with Gasteiger partial charge in [-0.05, 0) is 37.0 Å². The third-order valence-electron chi connectivity index (χ3n) is 4.39. The number of rotatable bonds is 3. The Labute approximate surface area is 104 Å². The lowest BCUT2D eigenvalue weighted by Crippen LogP contribution is -2.39. The summed E-state index contributed by atoms with van der Waals surface area (Å²) in [7, 11) is 0. The highest BCUT2D eigenvalue weighted by molar-refractivity contribution is 5.81. The first kappa shape index (κ1) is 12.9. The lowest BCUT2D eigenvalue weighted by Gasteiger charge is -2.25. The predicted octanol–water partition coefficient (Wildman–Crippen LogP) is 2.19. The average Bonchev–Trinajstić information content (AvgIpc) is 2.88. The van der Waals surface area contributed by atoms with E-state index in [1.807, 2.05) is 18.7 Å². The van der Waals surface area contributed by atoms with Gasteiger partial charge in [0.25, 0.3) is 5.91 Å². The quantitative estimate of drug-likeness (QED) is 0.820. The summed E-state index contributed by atoms with van der Waals surface area (Å²) in [5.41, 5.74) is 0.410. The standard InChI is InChI=1S/C14H25NO2/c1-11(2)9-12(16)13(17)15-8-7-14(10-15)5-3-4-6-14/h11-12,16H,3-10H2,1-2H3/t12-/m1/s1. The summed E-state index contributed by atoms with van der Waals surface area (Å²) in [6.07, 6.45) is 6.13. The fraction of sp³-hybridized carbons (Fsp3) is 0.929. The molecule has 1 amide bonds. The fourth-order valence-corrected chi connectivity index (χ4v) is 3.41. The van der Waals surface area contributed by atoms with E-state index in [2.05, 4.69) is 0 Å². The van der Waals surface area contributed by atoms with Crippen LogP contribution < -0.4 is 0 Å². The molecule has 0 aromatic heterocycles. The Balaban J connectivity index is 1.89. The van der Waals surface area contributed by atoms with E-state index in [4.69, 9.17) is 0 Å². The second kappa shape index (κ2) is 4.97. The summed E-state index contributed by atoms with van der Waals surface area (Å²) in [6, 6.07) is 0. The van der Waals surface area contributed by atoms with Gasteiger partial charge in [0.2, 0.25) is 0 Å². The molecule has 0 radical (unpaired) electrons. The van der Waals surface area contributed by atoms with Gasteiger partial charge in [-0.25, -0.2) is 0 Å². The van der Waals surface area contributed by atoms with Gasteiger partial charge in [0.05, 0.1) is 0 Å². The molecule has 1 saturated heterocycles. The van der Waals surface area contributed by atoms with Gasteiger partial charge in [0, 0.05) is 13.1 Å². The van der Waals surface area contributed by atoms with E-state index in [-0.39, 0.29) is 5.91 Å². The first-order valence-corrected chi connectivity index (χ1v) is 6.99. The summed E-state index contributed by atoms with van der Waals surface area (Å²) in [5.74, 6) is 0.333. The zero-order chi connectivity index (χ0) is 12.5. The van der Waals surface area contributed by atoms with Gasteiger partial charge in [0.1, 0.15) is 6.10 Å². The number of amides is 1. The predicted molar refractivity (Wildman–Crippen MR) is 67.6 cm³/mol. The molecule has 1 atom stereocenters. The van der Waals surface area contributed by atoms with Crippen LogP contribution >= 0.6 is 0 Å². The van der Waals surface area contributed by atoms with E-state index >= 15 is 0 Å². The number of hydrogen-bond acceptors (Lipinski definition) is 2. The Morgan fingerprint density at radius 3 is 2.53 bits per heavy atom. The molecule has 2 aliphatic rings. The molecule has 1 spiro atoms. The molecule has 3 nitrogen and oxygen atoms in total. The van der Waals surface area contributed by atoms with Crippen LogP contribution in [0.5, 0.6) is 0 Å². The highest BCUT2D eigenvalue weighted by atomic mass is 16.3. The van der Waals surface area contributed by atoms with E-state index in [9.17, 15) is 9.90 Å². The van der Waals surface area contributed by atoms with Gasteiger partial charge in [-0.15, -0.1) is 0 Å². The van der Waals surface area contributed by atoms with Gasteiger partial charge in [-0.1, -0.05) is 26.7 Å². The fourth-order valence-electron chi connectivity index (χ4n) is 3.41. The Morgan fingerprint density at radius 1 is 1.29 bits per heavy atom. The van der Waals surface area contributed by atoms with Crippen LogP contribution in [0.1, 0.15) is 52.4 Å². The summed E-state index contributed by atoms with van der Waals surface area (Å²) in [6.45, 7) is 5.83. The lowest BCUT2D eigenvalue weighted by atomic mass is 9.86. The molecule has 17 heavy (non-hydrogen) atoms. The van der Waals surface area contributed by atoms with E-state index in [1.165, 1.54) is 25.7 Å². The van der Waals surface area contributed by atoms with Crippen LogP contribution in [0.4, 0.5) is 0 Å². The molecule has 3 heteroatoms. The van der Waals surface area contributed by atoms with Crippen LogP contribution in [0.2, 0.25) is 0 Å². The molecule has 0 unspecified atom stereocenters. The Bertz CT molecular complexity index is 282. The number of nitrogens with zero attached hydrogens (tertiary/aromatic N) is 1. The maximum atomic E-state index is 12.1. The number of likely N-dealkylation sites (tertiary alicyclic amines) is 1. The van der Waals surface area contributed by atoms with Gasteiger partial charge >= 0.3 is 0 Å². The molecule has 2 rings (SSSR count). The van der Waals surface area contributed by atoms with E-state index in [1.54, 1.807) is 0 Å². The number of carbonyl (C=O) groups is 1. The maximum Gasteiger partial charge on any atom is 0.251 e. The van der Waals surface area contributed by atoms with Crippen molar-refractivity contribution in [1.82, 2.24) is 4.90 Å². The van der Waals surface area contributed by atoms with Crippen LogP contribution in [0.15, 0.2) is 0 Å². The normalized spacial score (nSPS) is 24.8. The highest BCUT2D eigenvalue weighted by Crippen LogP contribution is 2.45. The molecule has 0 aromatic carbocycles. The third-order valence-corrected chi connectivity index (χ3v) is 4.39. The van der Waals surface area contributed by atoms with E-state index in [0.29, 0.717) is 17.8 Å². The smallest absolute Gasteiger partial charge is 0.251 e. The van der Waals surface area contributed by atoms with Crippen LogP contribution in [-0.2, 0) is 4.79 Å². The van der Waals surface area contributed by atoms with Crippen molar-refractivity contribution in [2.45, 2.75) is 58.5 Å². The number of hydrogen-bond donors (Lipinski definition) is 1. The average molecular weight is 239 g/mol. The van der Waals surface area contributed by atoms with Crippen molar-refractivity contribution >= 4 is 5.91 Å². The van der Waals surface area contributed by atoms with E-state index in [0.717, 1.165) is 19.5 Å². The molecule has 0 aromatic rings. The van der Waals surface area contributed by atoms with Gasteiger partial charge < -0.3 is 10.0 Å². The minimum atomic E-state index is -0.786. The molecular weight excluding hydrogens is 214 g/mol.